The molecule has 0 aromatic heterocycles. The molecule has 1 nitrogen and oxygen atoms in total. The van der Waals surface area contributed by atoms with Crippen LogP contribution in [0.3, 0.4) is 0 Å². The van der Waals surface area contributed by atoms with Gasteiger partial charge in [-0.2, -0.15) is 0 Å². The zero-order chi connectivity index (χ0) is 10.6. The largest absolute Gasteiger partial charge is 0.312 e. The molecule has 0 aromatic carbocycles. The second kappa shape index (κ2) is 5.16. The predicted molar refractivity (Wildman–Crippen MR) is 63.5 cm³/mol. The Labute approximate surface area is 89.7 Å². The van der Waals surface area contributed by atoms with Crippen molar-refractivity contribution in [2.45, 2.75) is 65.3 Å². The Kier molecular flexibility index (Phi) is 4.43. The molecule has 1 N–H and O–H groups in total. The summed E-state index contributed by atoms with van der Waals surface area (Å²) in [7, 11) is 0. The second-order valence-corrected chi connectivity index (χ2v) is 5.74. The monoisotopic (exact) mass is 197 g/mol. The van der Waals surface area contributed by atoms with E-state index in [1.165, 1.54) is 38.6 Å². The summed E-state index contributed by atoms with van der Waals surface area (Å²) >= 11 is 0. The predicted octanol–water partition coefficient (Wildman–Crippen LogP) is 3.59. The lowest BCUT2D eigenvalue weighted by atomic mass is 9.82. The van der Waals surface area contributed by atoms with Crippen molar-refractivity contribution in [1.82, 2.24) is 5.32 Å². The van der Waals surface area contributed by atoms with Gasteiger partial charge in [0.25, 0.3) is 0 Å². The van der Waals surface area contributed by atoms with E-state index in [0.717, 1.165) is 11.8 Å². The van der Waals surface area contributed by atoms with Crippen LogP contribution >= 0.6 is 0 Å². The van der Waals surface area contributed by atoms with Gasteiger partial charge in [-0.05, 0) is 51.5 Å². The zero-order valence-corrected chi connectivity index (χ0v) is 10.4. The number of hydrogen-bond donors (Lipinski definition) is 1. The van der Waals surface area contributed by atoms with Gasteiger partial charge >= 0.3 is 0 Å². The van der Waals surface area contributed by atoms with Crippen molar-refractivity contribution in [3.63, 3.8) is 0 Å². The summed E-state index contributed by atoms with van der Waals surface area (Å²) in [5, 5.41) is 3.69. The quantitative estimate of drug-likeness (QED) is 0.726. The summed E-state index contributed by atoms with van der Waals surface area (Å²) < 4.78 is 0. The molecular formula is C13H27N. The average Bonchev–Trinajstić information content (AvgIpc) is 2.17. The molecule has 14 heavy (non-hydrogen) atoms. The zero-order valence-electron chi connectivity index (χ0n) is 10.4. The fourth-order valence-electron chi connectivity index (χ4n) is 2.08. The number of nitrogens with one attached hydrogen (secondary N) is 1. The molecule has 1 heteroatoms. The molecule has 0 aromatic rings. The van der Waals surface area contributed by atoms with Gasteiger partial charge in [0.2, 0.25) is 0 Å². The van der Waals surface area contributed by atoms with E-state index in [1.54, 1.807) is 0 Å². The fraction of sp³-hybridized carbons (Fsp3) is 1.00. The Morgan fingerprint density at radius 2 is 1.71 bits per heavy atom. The van der Waals surface area contributed by atoms with Gasteiger partial charge in [0.15, 0.2) is 0 Å². The van der Waals surface area contributed by atoms with E-state index in [-0.39, 0.29) is 0 Å². The van der Waals surface area contributed by atoms with Gasteiger partial charge in [-0.1, -0.05) is 26.7 Å². The van der Waals surface area contributed by atoms with E-state index in [2.05, 4.69) is 33.0 Å². The summed E-state index contributed by atoms with van der Waals surface area (Å²) in [6, 6.07) is 0. The van der Waals surface area contributed by atoms with Gasteiger partial charge in [0.05, 0.1) is 0 Å². The molecule has 0 bridgehead atoms. The molecule has 84 valence electrons. The van der Waals surface area contributed by atoms with E-state index < -0.39 is 0 Å². The molecule has 0 atom stereocenters. The molecule has 1 saturated carbocycles. The third-order valence-corrected chi connectivity index (χ3v) is 3.89. The smallest absolute Gasteiger partial charge is 0.0122 e. The van der Waals surface area contributed by atoms with E-state index >= 15 is 0 Å². The van der Waals surface area contributed by atoms with Gasteiger partial charge in [-0.3, -0.25) is 0 Å². The molecule has 0 amide bonds. The first-order chi connectivity index (χ1) is 6.53. The minimum absolute atomic E-state index is 0.336. The molecule has 0 heterocycles. The molecule has 0 radical (unpaired) electrons. The van der Waals surface area contributed by atoms with Crippen LogP contribution in [0.2, 0.25) is 0 Å². The minimum Gasteiger partial charge on any atom is -0.312 e. The maximum Gasteiger partial charge on any atom is 0.0122 e. The number of rotatable bonds is 4. The standard InChI is InChI=1S/C13H27N/c1-5-13(3,4)14-10-12-8-6-11(2)7-9-12/h11-12,14H,5-10H2,1-4H3. The van der Waals surface area contributed by atoms with E-state index in [4.69, 9.17) is 0 Å². The Balaban J connectivity index is 2.19. The van der Waals surface area contributed by atoms with Gasteiger partial charge in [-0.25, -0.2) is 0 Å². The van der Waals surface area contributed by atoms with Crippen molar-refractivity contribution in [2.24, 2.45) is 11.8 Å². The highest BCUT2D eigenvalue weighted by Gasteiger charge is 2.20. The summed E-state index contributed by atoms with van der Waals surface area (Å²) in [5.74, 6) is 1.92. The highest BCUT2D eigenvalue weighted by molar-refractivity contribution is 4.79. The van der Waals surface area contributed by atoms with Crippen LogP contribution in [-0.4, -0.2) is 12.1 Å². The van der Waals surface area contributed by atoms with E-state index in [0.29, 0.717) is 5.54 Å². The summed E-state index contributed by atoms with van der Waals surface area (Å²) in [5.41, 5.74) is 0.336. The highest BCUT2D eigenvalue weighted by Crippen LogP contribution is 2.28. The summed E-state index contributed by atoms with van der Waals surface area (Å²) in [4.78, 5) is 0. The van der Waals surface area contributed by atoms with Crippen LogP contribution in [0.4, 0.5) is 0 Å². The lowest BCUT2D eigenvalue weighted by Gasteiger charge is -2.31. The van der Waals surface area contributed by atoms with Crippen LogP contribution in [0.1, 0.15) is 59.8 Å². The van der Waals surface area contributed by atoms with Crippen molar-refractivity contribution in [3.05, 3.63) is 0 Å². The molecule has 0 unspecified atom stereocenters. The molecule has 1 aliphatic rings. The molecule has 1 aliphatic carbocycles. The average molecular weight is 197 g/mol. The third-order valence-electron chi connectivity index (χ3n) is 3.89. The lowest BCUT2D eigenvalue weighted by Crippen LogP contribution is -2.41. The van der Waals surface area contributed by atoms with Gasteiger partial charge in [0.1, 0.15) is 0 Å². The molecule has 0 aliphatic heterocycles. The van der Waals surface area contributed by atoms with Crippen molar-refractivity contribution in [2.75, 3.05) is 6.54 Å². The first-order valence-electron chi connectivity index (χ1n) is 6.28. The first kappa shape index (κ1) is 12.0. The van der Waals surface area contributed by atoms with Crippen LogP contribution in [0.5, 0.6) is 0 Å². The van der Waals surface area contributed by atoms with Crippen LogP contribution in [0.25, 0.3) is 0 Å². The maximum atomic E-state index is 3.69. The first-order valence-corrected chi connectivity index (χ1v) is 6.28. The van der Waals surface area contributed by atoms with Crippen molar-refractivity contribution in [3.8, 4) is 0 Å². The second-order valence-electron chi connectivity index (χ2n) is 5.74. The van der Waals surface area contributed by atoms with Gasteiger partial charge < -0.3 is 5.32 Å². The molecule has 1 rings (SSSR count). The Morgan fingerprint density at radius 1 is 1.14 bits per heavy atom. The van der Waals surface area contributed by atoms with E-state index in [1.807, 2.05) is 0 Å². The molecule has 0 spiro atoms. The van der Waals surface area contributed by atoms with Crippen LogP contribution in [0, 0.1) is 11.8 Å². The Hall–Kier alpha value is -0.0400. The van der Waals surface area contributed by atoms with Crippen molar-refractivity contribution in [1.29, 1.82) is 0 Å². The van der Waals surface area contributed by atoms with Gasteiger partial charge in [-0.15, -0.1) is 0 Å². The third kappa shape index (κ3) is 4.00. The van der Waals surface area contributed by atoms with Gasteiger partial charge in [0, 0.05) is 5.54 Å². The maximum absolute atomic E-state index is 3.69. The fourth-order valence-corrected chi connectivity index (χ4v) is 2.08. The molecular weight excluding hydrogens is 170 g/mol. The summed E-state index contributed by atoms with van der Waals surface area (Å²) in [6.45, 7) is 10.5. The van der Waals surface area contributed by atoms with Crippen LogP contribution in [0.15, 0.2) is 0 Å². The lowest BCUT2D eigenvalue weighted by molar-refractivity contribution is 0.254. The normalized spacial score (nSPS) is 29.1. The Morgan fingerprint density at radius 3 is 2.21 bits per heavy atom. The Bertz CT molecular complexity index is 155. The van der Waals surface area contributed by atoms with Crippen LogP contribution in [-0.2, 0) is 0 Å². The molecule has 1 fully saturated rings. The minimum atomic E-state index is 0.336. The highest BCUT2D eigenvalue weighted by atomic mass is 15.0. The van der Waals surface area contributed by atoms with Crippen molar-refractivity contribution >= 4 is 0 Å². The number of hydrogen-bond acceptors (Lipinski definition) is 1. The van der Waals surface area contributed by atoms with Crippen molar-refractivity contribution < 1.29 is 0 Å². The topological polar surface area (TPSA) is 12.0 Å². The molecule has 0 saturated heterocycles. The SMILES string of the molecule is CCC(C)(C)NCC1CCC(C)CC1. The van der Waals surface area contributed by atoms with Crippen LogP contribution < -0.4 is 5.32 Å². The summed E-state index contributed by atoms with van der Waals surface area (Å²) in [6.07, 6.45) is 6.98. The van der Waals surface area contributed by atoms with E-state index in [9.17, 15) is 0 Å².